The third kappa shape index (κ3) is 3.04. The minimum absolute atomic E-state index is 0.154. The number of methoxy groups -OCH3 is 1. The standard InChI is InChI=1S/C10H13FN2O5/c1-5-4-13(10(17)12-8(5)14)7(11)3-6(18-2)9(15)16/h4,6-7H,3H2,1-2H3,(H,15,16)(H,12,14,17). The van der Waals surface area contributed by atoms with E-state index in [0.29, 0.717) is 4.57 Å². The number of aliphatic carboxylic acids is 1. The average Bonchev–Trinajstić information content (AvgIpc) is 2.29. The van der Waals surface area contributed by atoms with Gasteiger partial charge < -0.3 is 9.84 Å². The first-order chi connectivity index (χ1) is 8.36. The Bertz CT molecular complexity index is 550. The number of aromatic amines is 1. The van der Waals surface area contributed by atoms with Crippen LogP contribution in [0.25, 0.3) is 0 Å². The van der Waals surface area contributed by atoms with Gasteiger partial charge in [-0.2, -0.15) is 0 Å². The average molecular weight is 260 g/mol. The number of carboxylic acid groups (broad SMARTS) is 1. The number of nitrogens with zero attached hydrogens (tertiary/aromatic N) is 1. The van der Waals surface area contributed by atoms with E-state index in [4.69, 9.17) is 5.11 Å². The van der Waals surface area contributed by atoms with E-state index < -0.39 is 36.0 Å². The van der Waals surface area contributed by atoms with Crippen molar-refractivity contribution in [3.8, 4) is 0 Å². The number of nitrogens with one attached hydrogen (secondary N) is 1. The number of rotatable bonds is 5. The highest BCUT2D eigenvalue weighted by Crippen LogP contribution is 2.15. The van der Waals surface area contributed by atoms with Crippen molar-refractivity contribution >= 4 is 5.97 Å². The number of aryl methyl sites for hydroxylation is 1. The largest absolute Gasteiger partial charge is 0.479 e. The van der Waals surface area contributed by atoms with Gasteiger partial charge >= 0.3 is 11.7 Å². The molecule has 1 aromatic heterocycles. The highest BCUT2D eigenvalue weighted by atomic mass is 19.1. The summed E-state index contributed by atoms with van der Waals surface area (Å²) in [6, 6.07) is 0. The summed E-state index contributed by atoms with van der Waals surface area (Å²) in [4.78, 5) is 35.0. The van der Waals surface area contributed by atoms with E-state index in [-0.39, 0.29) is 5.56 Å². The highest BCUT2D eigenvalue weighted by molar-refractivity contribution is 5.72. The van der Waals surface area contributed by atoms with Gasteiger partial charge in [-0.05, 0) is 6.92 Å². The Kier molecular flexibility index (Phi) is 4.38. The molecule has 8 heteroatoms. The van der Waals surface area contributed by atoms with Crippen molar-refractivity contribution in [2.75, 3.05) is 7.11 Å². The Labute approximate surface area is 101 Å². The first-order valence-corrected chi connectivity index (χ1v) is 5.08. The molecule has 0 aliphatic heterocycles. The van der Waals surface area contributed by atoms with Crippen LogP contribution < -0.4 is 11.2 Å². The van der Waals surface area contributed by atoms with Crippen molar-refractivity contribution in [1.29, 1.82) is 0 Å². The van der Waals surface area contributed by atoms with Crippen molar-refractivity contribution in [1.82, 2.24) is 9.55 Å². The van der Waals surface area contributed by atoms with E-state index in [1.807, 2.05) is 4.98 Å². The molecule has 2 atom stereocenters. The summed E-state index contributed by atoms with van der Waals surface area (Å²) in [5, 5.41) is 8.70. The molecule has 1 heterocycles. The maximum absolute atomic E-state index is 13.8. The van der Waals surface area contributed by atoms with Gasteiger partial charge in [-0.3, -0.25) is 14.3 Å². The fourth-order valence-corrected chi connectivity index (χ4v) is 1.38. The molecule has 7 nitrogen and oxygen atoms in total. The van der Waals surface area contributed by atoms with Crippen molar-refractivity contribution < 1.29 is 19.0 Å². The van der Waals surface area contributed by atoms with Crippen LogP contribution in [0.2, 0.25) is 0 Å². The van der Waals surface area contributed by atoms with Crippen LogP contribution in [-0.4, -0.2) is 33.8 Å². The summed E-state index contributed by atoms with van der Waals surface area (Å²) in [5.41, 5.74) is -1.38. The van der Waals surface area contributed by atoms with Crippen LogP contribution in [0.15, 0.2) is 15.8 Å². The summed E-state index contributed by atoms with van der Waals surface area (Å²) in [5.74, 6) is -1.32. The van der Waals surface area contributed by atoms with Gasteiger partial charge in [-0.25, -0.2) is 14.0 Å². The summed E-state index contributed by atoms with van der Waals surface area (Å²) >= 11 is 0. The third-order valence-electron chi connectivity index (χ3n) is 2.42. The fourth-order valence-electron chi connectivity index (χ4n) is 1.38. The molecule has 18 heavy (non-hydrogen) atoms. The zero-order chi connectivity index (χ0) is 13.9. The van der Waals surface area contributed by atoms with Crippen LogP contribution in [0.4, 0.5) is 4.39 Å². The topological polar surface area (TPSA) is 101 Å². The summed E-state index contributed by atoms with van der Waals surface area (Å²) < 4.78 is 19.0. The molecule has 0 spiro atoms. The maximum Gasteiger partial charge on any atom is 0.332 e. The summed E-state index contributed by atoms with van der Waals surface area (Å²) in [6.45, 7) is 1.41. The molecule has 0 radical (unpaired) electrons. The lowest BCUT2D eigenvalue weighted by molar-refractivity contribution is -0.150. The van der Waals surface area contributed by atoms with Gasteiger partial charge in [0.1, 0.15) is 0 Å². The predicted molar refractivity (Wildman–Crippen MR) is 59.3 cm³/mol. The van der Waals surface area contributed by atoms with Crippen LogP contribution in [0.1, 0.15) is 18.3 Å². The number of H-pyrrole nitrogens is 1. The third-order valence-corrected chi connectivity index (χ3v) is 2.42. The first-order valence-electron chi connectivity index (χ1n) is 5.08. The van der Waals surface area contributed by atoms with Crippen LogP contribution >= 0.6 is 0 Å². The molecule has 2 N–H and O–H groups in total. The number of carboxylic acids is 1. The number of carbonyl (C=O) groups is 1. The van der Waals surface area contributed by atoms with E-state index in [0.717, 1.165) is 13.3 Å². The van der Waals surface area contributed by atoms with Gasteiger partial charge in [0.2, 0.25) is 0 Å². The van der Waals surface area contributed by atoms with Crippen molar-refractivity contribution in [3.05, 3.63) is 32.6 Å². The van der Waals surface area contributed by atoms with E-state index in [9.17, 15) is 18.8 Å². The number of aromatic nitrogens is 2. The van der Waals surface area contributed by atoms with Gasteiger partial charge in [0.15, 0.2) is 12.4 Å². The van der Waals surface area contributed by atoms with Gasteiger partial charge in [0, 0.05) is 25.3 Å². The lowest BCUT2D eigenvalue weighted by Crippen LogP contribution is -2.34. The normalized spacial score (nSPS) is 14.2. The molecule has 0 aliphatic carbocycles. The van der Waals surface area contributed by atoms with Crippen LogP contribution in [0, 0.1) is 6.92 Å². The zero-order valence-electron chi connectivity index (χ0n) is 9.84. The van der Waals surface area contributed by atoms with Gasteiger partial charge in [-0.1, -0.05) is 0 Å². The molecule has 0 fully saturated rings. The second-order valence-electron chi connectivity index (χ2n) is 3.71. The molecular weight excluding hydrogens is 247 g/mol. The van der Waals surface area contributed by atoms with Gasteiger partial charge in [0.25, 0.3) is 5.56 Å². The molecule has 2 unspecified atom stereocenters. The van der Waals surface area contributed by atoms with Crippen LogP contribution in [-0.2, 0) is 9.53 Å². The Morgan fingerprint density at radius 2 is 2.22 bits per heavy atom. The Balaban J connectivity index is 3.01. The van der Waals surface area contributed by atoms with E-state index in [1.54, 1.807) is 0 Å². The zero-order valence-corrected chi connectivity index (χ0v) is 9.84. The van der Waals surface area contributed by atoms with Gasteiger partial charge in [0.05, 0.1) is 0 Å². The number of alkyl halides is 1. The first kappa shape index (κ1) is 14.1. The van der Waals surface area contributed by atoms with Crippen LogP contribution in [0.3, 0.4) is 0 Å². The summed E-state index contributed by atoms with van der Waals surface area (Å²) in [7, 11) is 1.13. The molecule has 0 saturated carbocycles. The molecule has 0 saturated heterocycles. The number of hydrogen-bond donors (Lipinski definition) is 2. The predicted octanol–water partition coefficient (Wildman–Crippen LogP) is -0.197. The Hall–Kier alpha value is -1.96. The number of ether oxygens (including phenoxy) is 1. The molecule has 1 rings (SSSR count). The van der Waals surface area contributed by atoms with E-state index >= 15 is 0 Å². The molecule has 0 bridgehead atoms. The molecule has 1 aromatic rings. The number of halogens is 1. The summed E-state index contributed by atoms with van der Waals surface area (Å²) in [6.07, 6.45) is -2.74. The number of hydrogen-bond acceptors (Lipinski definition) is 4. The van der Waals surface area contributed by atoms with Crippen molar-refractivity contribution in [3.63, 3.8) is 0 Å². The molecule has 0 aromatic carbocycles. The van der Waals surface area contributed by atoms with Gasteiger partial charge in [-0.15, -0.1) is 0 Å². The van der Waals surface area contributed by atoms with Crippen molar-refractivity contribution in [2.24, 2.45) is 0 Å². The smallest absolute Gasteiger partial charge is 0.332 e. The maximum atomic E-state index is 13.8. The lowest BCUT2D eigenvalue weighted by Gasteiger charge is -2.15. The molecule has 0 amide bonds. The second-order valence-corrected chi connectivity index (χ2v) is 3.71. The minimum atomic E-state index is -1.89. The Morgan fingerprint density at radius 3 is 2.72 bits per heavy atom. The molecule has 0 aliphatic rings. The van der Waals surface area contributed by atoms with E-state index in [2.05, 4.69) is 4.74 Å². The monoisotopic (exact) mass is 260 g/mol. The molecular formula is C10H13FN2O5. The molecule has 100 valence electrons. The minimum Gasteiger partial charge on any atom is -0.479 e. The fraction of sp³-hybridized carbons (Fsp3) is 0.500. The quantitative estimate of drug-likeness (QED) is 0.763. The second kappa shape index (κ2) is 5.58. The lowest BCUT2D eigenvalue weighted by atomic mass is 10.2. The highest BCUT2D eigenvalue weighted by Gasteiger charge is 2.23. The van der Waals surface area contributed by atoms with Crippen molar-refractivity contribution in [2.45, 2.75) is 25.7 Å². The Morgan fingerprint density at radius 1 is 1.61 bits per heavy atom. The van der Waals surface area contributed by atoms with E-state index in [1.165, 1.54) is 6.92 Å². The van der Waals surface area contributed by atoms with Crippen LogP contribution in [0.5, 0.6) is 0 Å². The SMILES string of the molecule is COC(CC(F)n1cc(C)c(=O)[nH]c1=O)C(=O)O.